The molecule has 1 saturated carbocycles. The number of nitrogens with one attached hydrogen (secondary N) is 1. The van der Waals surface area contributed by atoms with Crippen LogP contribution in [0.3, 0.4) is 0 Å². The highest BCUT2D eigenvalue weighted by Crippen LogP contribution is 2.29. The van der Waals surface area contributed by atoms with E-state index in [1.165, 1.54) is 25.7 Å². The Kier molecular flexibility index (Phi) is 4.60. The summed E-state index contributed by atoms with van der Waals surface area (Å²) in [5, 5.41) is 3.45. The number of rotatable bonds is 5. The summed E-state index contributed by atoms with van der Waals surface area (Å²) < 4.78 is 0. The van der Waals surface area contributed by atoms with Crippen LogP contribution in [0.25, 0.3) is 0 Å². The molecule has 1 N–H and O–H groups in total. The van der Waals surface area contributed by atoms with Gasteiger partial charge in [0.2, 0.25) is 5.91 Å². The Bertz CT molecular complexity index is 539. The highest BCUT2D eigenvalue weighted by atomic mass is 16.2. The molecule has 1 aromatic rings. The largest absolute Gasteiger partial charge is 0.369 e. The van der Waals surface area contributed by atoms with Crippen LogP contribution in [-0.2, 0) is 11.2 Å². The second kappa shape index (κ2) is 6.63. The van der Waals surface area contributed by atoms with Crippen molar-refractivity contribution in [1.29, 1.82) is 0 Å². The number of carbonyl (C=O) groups excluding carboxylic acids is 1. The fourth-order valence-electron chi connectivity index (χ4n) is 3.66. The molecule has 2 aliphatic rings. The van der Waals surface area contributed by atoms with Gasteiger partial charge in [0.05, 0.1) is 0 Å². The molecule has 1 atom stereocenters. The average molecular weight is 302 g/mol. The van der Waals surface area contributed by atoms with Crippen LogP contribution in [0.2, 0.25) is 0 Å². The maximum absolute atomic E-state index is 12.2. The highest BCUT2D eigenvalue weighted by Gasteiger charge is 2.35. The van der Waals surface area contributed by atoms with E-state index in [4.69, 9.17) is 0 Å². The number of hydrogen-bond acceptors (Lipinski definition) is 4. The second-order valence-electron chi connectivity index (χ2n) is 6.58. The number of carbonyl (C=O) groups is 1. The molecule has 1 aliphatic heterocycles. The van der Waals surface area contributed by atoms with Crippen molar-refractivity contribution in [1.82, 2.24) is 14.9 Å². The van der Waals surface area contributed by atoms with Crippen molar-refractivity contribution in [2.24, 2.45) is 5.92 Å². The summed E-state index contributed by atoms with van der Waals surface area (Å²) in [7, 11) is 0. The molecule has 5 nitrogen and oxygen atoms in total. The van der Waals surface area contributed by atoms with Gasteiger partial charge in [-0.1, -0.05) is 19.8 Å². The van der Waals surface area contributed by atoms with Crippen molar-refractivity contribution < 1.29 is 4.79 Å². The van der Waals surface area contributed by atoms with E-state index in [9.17, 15) is 4.79 Å². The third-order valence-electron chi connectivity index (χ3n) is 4.93. The summed E-state index contributed by atoms with van der Waals surface area (Å²) >= 11 is 0. The zero-order valence-corrected chi connectivity index (χ0v) is 13.6. The van der Waals surface area contributed by atoms with Crippen LogP contribution in [0, 0.1) is 12.8 Å². The molecule has 2 heterocycles. The van der Waals surface area contributed by atoms with Crippen LogP contribution in [0.5, 0.6) is 0 Å². The first-order valence-electron chi connectivity index (χ1n) is 8.53. The van der Waals surface area contributed by atoms with Gasteiger partial charge in [0, 0.05) is 43.2 Å². The minimum atomic E-state index is 0.341. The van der Waals surface area contributed by atoms with Crippen molar-refractivity contribution in [2.45, 2.75) is 58.4 Å². The molecule has 0 spiro atoms. The Morgan fingerprint density at radius 3 is 2.86 bits per heavy atom. The Morgan fingerprint density at radius 1 is 1.36 bits per heavy atom. The normalized spacial score (nSPS) is 22.5. The smallest absolute Gasteiger partial charge is 0.223 e. The number of aryl methyl sites for hydroxylation is 2. The predicted molar refractivity (Wildman–Crippen MR) is 86.7 cm³/mol. The van der Waals surface area contributed by atoms with Gasteiger partial charge in [-0.2, -0.15) is 0 Å². The molecule has 1 saturated heterocycles. The lowest BCUT2D eigenvalue weighted by Gasteiger charge is -2.24. The van der Waals surface area contributed by atoms with Crippen LogP contribution in [0.1, 0.15) is 50.4 Å². The molecule has 1 unspecified atom stereocenters. The van der Waals surface area contributed by atoms with Gasteiger partial charge in [-0.15, -0.1) is 0 Å². The molecular formula is C17H26N4O. The minimum Gasteiger partial charge on any atom is -0.369 e. The van der Waals surface area contributed by atoms with Crippen molar-refractivity contribution in [3.8, 4) is 0 Å². The lowest BCUT2D eigenvalue weighted by atomic mass is 10.1. The lowest BCUT2D eigenvalue weighted by molar-refractivity contribution is -0.129. The number of nitrogens with zero attached hydrogens (tertiary/aromatic N) is 3. The number of likely N-dealkylation sites (tertiary alicyclic amines) is 1. The molecule has 1 aliphatic carbocycles. The van der Waals surface area contributed by atoms with Gasteiger partial charge in [0.25, 0.3) is 0 Å². The van der Waals surface area contributed by atoms with Crippen LogP contribution < -0.4 is 5.32 Å². The second-order valence-corrected chi connectivity index (χ2v) is 6.58. The fourth-order valence-corrected chi connectivity index (χ4v) is 3.66. The first kappa shape index (κ1) is 15.3. The van der Waals surface area contributed by atoms with Crippen LogP contribution in [0.15, 0.2) is 6.20 Å². The molecular weight excluding hydrogens is 276 g/mol. The van der Waals surface area contributed by atoms with Gasteiger partial charge in [-0.3, -0.25) is 4.79 Å². The Morgan fingerprint density at radius 2 is 2.14 bits per heavy atom. The van der Waals surface area contributed by atoms with Crippen molar-refractivity contribution in [2.75, 3.05) is 18.4 Å². The maximum Gasteiger partial charge on any atom is 0.223 e. The molecule has 0 aromatic carbocycles. The topological polar surface area (TPSA) is 58.1 Å². The number of aromatic nitrogens is 2. The predicted octanol–water partition coefficient (Wildman–Crippen LogP) is 2.55. The van der Waals surface area contributed by atoms with Crippen molar-refractivity contribution >= 4 is 11.7 Å². The van der Waals surface area contributed by atoms with Gasteiger partial charge in [-0.05, 0) is 26.2 Å². The molecule has 1 aromatic heterocycles. The van der Waals surface area contributed by atoms with Crippen LogP contribution >= 0.6 is 0 Å². The minimum absolute atomic E-state index is 0.341. The standard InChI is InChI=1S/C17H26N4O/c1-3-14-10-18-12(2)20-17(14)19-9-13-8-16(22)21(11-13)15-6-4-5-7-15/h10,13,15H,3-9,11H2,1-2H3,(H,18,19,20). The number of hydrogen-bond donors (Lipinski definition) is 1. The average Bonchev–Trinajstić information content (AvgIpc) is 3.14. The van der Waals surface area contributed by atoms with Crippen LogP contribution in [0.4, 0.5) is 5.82 Å². The fraction of sp³-hybridized carbons (Fsp3) is 0.706. The molecule has 22 heavy (non-hydrogen) atoms. The SMILES string of the molecule is CCc1cnc(C)nc1NCC1CC(=O)N(C2CCCC2)C1. The van der Waals surface area contributed by atoms with E-state index < -0.39 is 0 Å². The van der Waals surface area contributed by atoms with Gasteiger partial charge >= 0.3 is 0 Å². The van der Waals surface area contributed by atoms with Crippen molar-refractivity contribution in [3.63, 3.8) is 0 Å². The van der Waals surface area contributed by atoms with E-state index in [1.807, 2.05) is 13.1 Å². The third kappa shape index (κ3) is 3.23. The van der Waals surface area contributed by atoms with E-state index >= 15 is 0 Å². The lowest BCUT2D eigenvalue weighted by Crippen LogP contribution is -2.34. The zero-order valence-electron chi connectivity index (χ0n) is 13.6. The first-order chi connectivity index (χ1) is 10.7. The van der Waals surface area contributed by atoms with E-state index in [2.05, 4.69) is 27.1 Å². The number of amides is 1. The zero-order chi connectivity index (χ0) is 15.5. The maximum atomic E-state index is 12.2. The summed E-state index contributed by atoms with van der Waals surface area (Å²) in [6.45, 7) is 5.74. The summed E-state index contributed by atoms with van der Waals surface area (Å²) in [6, 6.07) is 0.505. The third-order valence-corrected chi connectivity index (χ3v) is 4.93. The van der Waals surface area contributed by atoms with Crippen molar-refractivity contribution in [3.05, 3.63) is 17.6 Å². The summed E-state index contributed by atoms with van der Waals surface area (Å²) in [5.41, 5.74) is 1.14. The van der Waals surface area contributed by atoms with Crippen LogP contribution in [-0.4, -0.2) is 39.9 Å². The van der Waals surface area contributed by atoms with E-state index in [0.717, 1.165) is 36.7 Å². The van der Waals surface area contributed by atoms with E-state index in [1.54, 1.807) is 0 Å². The quantitative estimate of drug-likeness (QED) is 0.908. The Hall–Kier alpha value is -1.65. The summed E-state index contributed by atoms with van der Waals surface area (Å²) in [5.74, 6) is 2.46. The molecule has 120 valence electrons. The summed E-state index contributed by atoms with van der Waals surface area (Å²) in [6.07, 6.45) is 8.42. The summed E-state index contributed by atoms with van der Waals surface area (Å²) in [4.78, 5) is 23.1. The molecule has 0 radical (unpaired) electrons. The van der Waals surface area contributed by atoms with Gasteiger partial charge in [0.15, 0.2) is 0 Å². The van der Waals surface area contributed by atoms with Gasteiger partial charge in [-0.25, -0.2) is 9.97 Å². The first-order valence-corrected chi connectivity index (χ1v) is 8.53. The molecule has 0 bridgehead atoms. The Labute approximate surface area is 132 Å². The Balaban J connectivity index is 1.58. The highest BCUT2D eigenvalue weighted by molar-refractivity contribution is 5.79. The van der Waals surface area contributed by atoms with E-state index in [-0.39, 0.29) is 0 Å². The molecule has 3 rings (SSSR count). The van der Waals surface area contributed by atoms with Gasteiger partial charge < -0.3 is 10.2 Å². The molecule has 5 heteroatoms. The monoisotopic (exact) mass is 302 g/mol. The molecule has 1 amide bonds. The van der Waals surface area contributed by atoms with E-state index in [0.29, 0.717) is 24.3 Å². The van der Waals surface area contributed by atoms with Gasteiger partial charge in [0.1, 0.15) is 11.6 Å². The molecule has 2 fully saturated rings. The number of anilines is 1.